The van der Waals surface area contributed by atoms with Crippen LogP contribution in [0.25, 0.3) is 0 Å². The van der Waals surface area contributed by atoms with E-state index in [-0.39, 0.29) is 0 Å². The summed E-state index contributed by atoms with van der Waals surface area (Å²) in [6.45, 7) is 1.75. The molecule has 0 amide bonds. The van der Waals surface area contributed by atoms with Crippen molar-refractivity contribution >= 4 is 11.9 Å². The van der Waals surface area contributed by atoms with E-state index >= 15 is 0 Å². The highest BCUT2D eigenvalue weighted by atomic mass is 32.2. The summed E-state index contributed by atoms with van der Waals surface area (Å²) in [5, 5.41) is 5.84. The minimum Gasteiger partial charge on any atom is -0.380 e. The van der Waals surface area contributed by atoms with E-state index in [0.29, 0.717) is 5.25 Å². The van der Waals surface area contributed by atoms with Crippen LogP contribution in [0.1, 0.15) is 6.42 Å². The summed E-state index contributed by atoms with van der Waals surface area (Å²) in [6, 6.07) is 0. The summed E-state index contributed by atoms with van der Waals surface area (Å²) in [5.41, 5.74) is 0. The lowest BCUT2D eigenvalue weighted by atomic mass is 10.4. The van der Waals surface area contributed by atoms with E-state index in [1.807, 2.05) is 0 Å². The lowest BCUT2D eigenvalue weighted by Gasteiger charge is -1.96. The summed E-state index contributed by atoms with van der Waals surface area (Å²) < 4.78 is 5.05. The molecule has 0 radical (unpaired) electrons. The molecule has 1 aliphatic rings. The zero-order valence-corrected chi connectivity index (χ0v) is 4.91. The van der Waals surface area contributed by atoms with Gasteiger partial charge in [0.15, 0.2) is 0 Å². The van der Waals surface area contributed by atoms with Gasteiger partial charge in [0.25, 0.3) is 0 Å². The SMILES string of the molecule is NSC1CCOC1. The van der Waals surface area contributed by atoms with E-state index < -0.39 is 0 Å². The molecular weight excluding hydrogens is 110 g/mol. The van der Waals surface area contributed by atoms with Gasteiger partial charge in [0, 0.05) is 11.9 Å². The van der Waals surface area contributed by atoms with Gasteiger partial charge in [-0.2, -0.15) is 0 Å². The van der Waals surface area contributed by atoms with E-state index in [9.17, 15) is 0 Å². The summed E-state index contributed by atoms with van der Waals surface area (Å²) in [4.78, 5) is 0. The highest BCUT2D eigenvalue weighted by Crippen LogP contribution is 2.13. The molecule has 1 atom stereocenters. The molecule has 1 heterocycles. The van der Waals surface area contributed by atoms with E-state index in [1.54, 1.807) is 0 Å². The zero-order chi connectivity index (χ0) is 5.11. The van der Waals surface area contributed by atoms with Gasteiger partial charge in [-0.3, -0.25) is 5.14 Å². The number of ether oxygens (including phenoxy) is 1. The van der Waals surface area contributed by atoms with Crippen molar-refractivity contribution in [2.24, 2.45) is 5.14 Å². The molecule has 2 nitrogen and oxygen atoms in total. The van der Waals surface area contributed by atoms with Crippen LogP contribution in [0.5, 0.6) is 0 Å². The molecular formula is C4H9NOS. The van der Waals surface area contributed by atoms with Crippen LogP contribution in [-0.4, -0.2) is 18.5 Å². The second-order valence-electron chi connectivity index (χ2n) is 1.62. The first-order valence-electron chi connectivity index (χ1n) is 2.37. The molecule has 7 heavy (non-hydrogen) atoms. The standard InChI is InChI=1S/C4H9NOS/c5-7-4-1-2-6-3-4/h4H,1-3,5H2. The average Bonchev–Trinajstić information content (AvgIpc) is 2.14. The monoisotopic (exact) mass is 119 g/mol. The summed E-state index contributed by atoms with van der Waals surface area (Å²) in [6.07, 6.45) is 1.13. The molecule has 3 heteroatoms. The normalized spacial score (nSPS) is 31.3. The summed E-state index contributed by atoms with van der Waals surface area (Å²) in [7, 11) is 0. The van der Waals surface area contributed by atoms with Crippen LogP contribution in [0.2, 0.25) is 0 Å². The first kappa shape index (κ1) is 5.41. The lowest BCUT2D eigenvalue weighted by molar-refractivity contribution is 0.199. The minimum atomic E-state index is 0.569. The van der Waals surface area contributed by atoms with Crippen LogP contribution in [0.3, 0.4) is 0 Å². The predicted octanol–water partition coefficient (Wildman–Crippen LogP) is 0.382. The molecule has 2 N–H and O–H groups in total. The van der Waals surface area contributed by atoms with E-state index in [2.05, 4.69) is 0 Å². The maximum atomic E-state index is 5.27. The van der Waals surface area contributed by atoms with E-state index in [0.717, 1.165) is 19.6 Å². The molecule has 1 rings (SSSR count). The molecule has 1 aliphatic heterocycles. The fourth-order valence-electron chi connectivity index (χ4n) is 0.620. The van der Waals surface area contributed by atoms with Crippen LogP contribution < -0.4 is 5.14 Å². The average molecular weight is 119 g/mol. The summed E-state index contributed by atoms with van der Waals surface area (Å²) >= 11 is 1.41. The van der Waals surface area contributed by atoms with Crippen molar-refractivity contribution in [1.29, 1.82) is 0 Å². The van der Waals surface area contributed by atoms with E-state index in [4.69, 9.17) is 9.88 Å². The Hall–Kier alpha value is 0.270. The maximum absolute atomic E-state index is 5.27. The molecule has 0 aliphatic carbocycles. The highest BCUT2D eigenvalue weighted by molar-refractivity contribution is 7.97. The quantitative estimate of drug-likeness (QED) is 0.507. The fourth-order valence-corrected chi connectivity index (χ4v) is 1.03. The Morgan fingerprint density at radius 3 is 2.86 bits per heavy atom. The number of hydrogen-bond donors (Lipinski definition) is 1. The Morgan fingerprint density at radius 2 is 2.57 bits per heavy atom. The molecule has 1 fully saturated rings. The first-order chi connectivity index (χ1) is 3.43. The Bertz CT molecular complexity index is 53.7. The zero-order valence-electron chi connectivity index (χ0n) is 4.09. The Labute approximate surface area is 47.5 Å². The topological polar surface area (TPSA) is 35.2 Å². The third-order valence-corrected chi connectivity index (χ3v) is 1.84. The van der Waals surface area contributed by atoms with Crippen LogP contribution in [0.15, 0.2) is 0 Å². The van der Waals surface area contributed by atoms with Gasteiger partial charge < -0.3 is 4.74 Å². The second-order valence-corrected chi connectivity index (χ2v) is 2.56. The van der Waals surface area contributed by atoms with Crippen molar-refractivity contribution in [3.63, 3.8) is 0 Å². The Kier molecular flexibility index (Phi) is 1.97. The molecule has 0 aromatic carbocycles. The number of hydrogen-bond acceptors (Lipinski definition) is 3. The van der Waals surface area contributed by atoms with Crippen molar-refractivity contribution in [3.05, 3.63) is 0 Å². The van der Waals surface area contributed by atoms with Gasteiger partial charge in [0.1, 0.15) is 0 Å². The molecule has 0 saturated carbocycles. The highest BCUT2D eigenvalue weighted by Gasteiger charge is 2.13. The molecule has 42 valence electrons. The van der Waals surface area contributed by atoms with Gasteiger partial charge in [-0.15, -0.1) is 0 Å². The summed E-state index contributed by atoms with van der Waals surface area (Å²) in [5.74, 6) is 0. The van der Waals surface area contributed by atoms with Crippen LogP contribution in [0, 0.1) is 0 Å². The molecule has 0 aromatic heterocycles. The lowest BCUT2D eigenvalue weighted by Crippen LogP contribution is -2.03. The van der Waals surface area contributed by atoms with Crippen molar-refractivity contribution in [2.45, 2.75) is 11.7 Å². The minimum absolute atomic E-state index is 0.569. The number of rotatable bonds is 1. The Morgan fingerprint density at radius 1 is 1.71 bits per heavy atom. The first-order valence-corrected chi connectivity index (χ1v) is 3.31. The predicted molar refractivity (Wildman–Crippen MR) is 31.0 cm³/mol. The fraction of sp³-hybridized carbons (Fsp3) is 1.00. The van der Waals surface area contributed by atoms with Gasteiger partial charge >= 0.3 is 0 Å². The molecule has 1 saturated heterocycles. The third-order valence-electron chi connectivity index (χ3n) is 1.08. The largest absolute Gasteiger partial charge is 0.380 e. The molecule has 1 unspecified atom stereocenters. The molecule has 0 spiro atoms. The van der Waals surface area contributed by atoms with Gasteiger partial charge in [0.2, 0.25) is 0 Å². The van der Waals surface area contributed by atoms with Crippen molar-refractivity contribution in [3.8, 4) is 0 Å². The second kappa shape index (κ2) is 2.55. The van der Waals surface area contributed by atoms with E-state index in [1.165, 1.54) is 11.9 Å². The van der Waals surface area contributed by atoms with Crippen LogP contribution in [-0.2, 0) is 4.74 Å². The van der Waals surface area contributed by atoms with Crippen molar-refractivity contribution in [1.82, 2.24) is 0 Å². The third kappa shape index (κ3) is 1.33. The molecule has 0 aromatic rings. The van der Waals surface area contributed by atoms with Gasteiger partial charge in [-0.1, -0.05) is 11.9 Å². The van der Waals surface area contributed by atoms with Crippen molar-refractivity contribution in [2.75, 3.05) is 13.2 Å². The smallest absolute Gasteiger partial charge is 0.0598 e. The van der Waals surface area contributed by atoms with Gasteiger partial charge in [0.05, 0.1) is 6.61 Å². The maximum Gasteiger partial charge on any atom is 0.0598 e. The van der Waals surface area contributed by atoms with Crippen LogP contribution >= 0.6 is 11.9 Å². The molecule has 0 bridgehead atoms. The Balaban J connectivity index is 2.14. The van der Waals surface area contributed by atoms with Crippen molar-refractivity contribution < 1.29 is 4.74 Å². The number of nitrogens with two attached hydrogens (primary N) is 1. The van der Waals surface area contributed by atoms with Gasteiger partial charge in [-0.05, 0) is 6.42 Å². The van der Waals surface area contributed by atoms with Crippen LogP contribution in [0.4, 0.5) is 0 Å². The van der Waals surface area contributed by atoms with Gasteiger partial charge in [-0.25, -0.2) is 0 Å².